The Morgan fingerprint density at radius 2 is 1.72 bits per heavy atom. The lowest BCUT2D eigenvalue weighted by molar-refractivity contribution is 0.400. The first-order chi connectivity index (χ1) is 8.60. The molecule has 2 unspecified atom stereocenters. The van der Waals surface area contributed by atoms with Gasteiger partial charge in [-0.2, -0.15) is 0 Å². The zero-order valence-corrected chi connectivity index (χ0v) is 12.7. The first-order valence-electron chi connectivity index (χ1n) is 7.39. The van der Waals surface area contributed by atoms with Crippen LogP contribution in [-0.4, -0.2) is 6.54 Å². The first-order valence-corrected chi connectivity index (χ1v) is 7.39. The highest BCUT2D eigenvalue weighted by molar-refractivity contribution is 5.36. The van der Waals surface area contributed by atoms with Crippen molar-refractivity contribution in [3.05, 3.63) is 34.9 Å². The summed E-state index contributed by atoms with van der Waals surface area (Å²) in [6.07, 6.45) is 3.69. The van der Waals surface area contributed by atoms with Crippen LogP contribution in [0.15, 0.2) is 18.2 Å². The van der Waals surface area contributed by atoms with Crippen molar-refractivity contribution in [2.75, 3.05) is 6.54 Å². The predicted molar refractivity (Wildman–Crippen MR) is 81.0 cm³/mol. The molecule has 1 aromatic carbocycles. The Morgan fingerprint density at radius 3 is 2.22 bits per heavy atom. The monoisotopic (exact) mass is 247 g/mol. The van der Waals surface area contributed by atoms with E-state index in [1.54, 1.807) is 0 Å². The van der Waals surface area contributed by atoms with Crippen LogP contribution in [0.3, 0.4) is 0 Å². The topological polar surface area (TPSA) is 12.0 Å². The van der Waals surface area contributed by atoms with Crippen molar-refractivity contribution in [3.8, 4) is 0 Å². The second-order valence-corrected chi connectivity index (χ2v) is 5.56. The van der Waals surface area contributed by atoms with Gasteiger partial charge in [-0.25, -0.2) is 0 Å². The maximum atomic E-state index is 3.73. The highest BCUT2D eigenvalue weighted by Crippen LogP contribution is 2.28. The number of rotatable bonds is 7. The maximum absolute atomic E-state index is 3.73. The second-order valence-electron chi connectivity index (χ2n) is 5.56. The lowest BCUT2D eigenvalue weighted by Gasteiger charge is -2.25. The minimum Gasteiger partial charge on any atom is -0.310 e. The van der Waals surface area contributed by atoms with Gasteiger partial charge in [-0.05, 0) is 55.8 Å². The Bertz CT molecular complexity index is 336. The van der Waals surface area contributed by atoms with Crippen molar-refractivity contribution < 1.29 is 0 Å². The molecule has 1 N–H and O–H groups in total. The molecule has 2 atom stereocenters. The van der Waals surface area contributed by atoms with Crippen LogP contribution in [0.5, 0.6) is 0 Å². The summed E-state index contributed by atoms with van der Waals surface area (Å²) < 4.78 is 0. The van der Waals surface area contributed by atoms with E-state index >= 15 is 0 Å². The fourth-order valence-electron chi connectivity index (χ4n) is 2.57. The molecule has 1 nitrogen and oxygen atoms in total. The average Bonchev–Trinajstić information content (AvgIpc) is 2.35. The van der Waals surface area contributed by atoms with E-state index in [1.165, 1.54) is 36.0 Å². The molecule has 0 bridgehead atoms. The third kappa shape index (κ3) is 4.13. The lowest BCUT2D eigenvalue weighted by Crippen LogP contribution is -2.25. The number of aryl methyl sites for hydroxylation is 2. The van der Waals surface area contributed by atoms with Gasteiger partial charge in [0, 0.05) is 6.04 Å². The van der Waals surface area contributed by atoms with Gasteiger partial charge in [-0.3, -0.25) is 0 Å². The van der Waals surface area contributed by atoms with E-state index in [0.29, 0.717) is 6.04 Å². The van der Waals surface area contributed by atoms with Crippen molar-refractivity contribution in [1.82, 2.24) is 5.32 Å². The molecule has 0 aliphatic rings. The summed E-state index contributed by atoms with van der Waals surface area (Å²) in [5.74, 6) is 0.776. The quantitative estimate of drug-likeness (QED) is 0.731. The van der Waals surface area contributed by atoms with Gasteiger partial charge < -0.3 is 5.32 Å². The number of benzene rings is 1. The Balaban J connectivity index is 2.93. The summed E-state index contributed by atoms with van der Waals surface area (Å²) in [6.45, 7) is 12.5. The average molecular weight is 247 g/mol. The summed E-state index contributed by atoms with van der Waals surface area (Å²) >= 11 is 0. The Hall–Kier alpha value is -0.820. The van der Waals surface area contributed by atoms with Crippen LogP contribution in [0.1, 0.15) is 62.8 Å². The predicted octanol–water partition coefficient (Wildman–Crippen LogP) is 4.78. The van der Waals surface area contributed by atoms with Gasteiger partial charge in [-0.1, -0.05) is 45.4 Å². The molecule has 1 aromatic rings. The number of nitrogens with one attached hydrogen (secondary N) is 1. The smallest absolute Gasteiger partial charge is 0.0328 e. The van der Waals surface area contributed by atoms with E-state index in [-0.39, 0.29) is 0 Å². The maximum Gasteiger partial charge on any atom is 0.0328 e. The summed E-state index contributed by atoms with van der Waals surface area (Å²) in [4.78, 5) is 0. The summed E-state index contributed by atoms with van der Waals surface area (Å²) in [6, 6.07) is 7.15. The molecule has 0 spiro atoms. The molecular formula is C17H29N. The van der Waals surface area contributed by atoms with E-state index < -0.39 is 0 Å². The second kappa shape index (κ2) is 7.58. The van der Waals surface area contributed by atoms with Crippen LogP contribution in [0.25, 0.3) is 0 Å². The van der Waals surface area contributed by atoms with Crippen molar-refractivity contribution in [1.29, 1.82) is 0 Å². The zero-order valence-electron chi connectivity index (χ0n) is 12.7. The van der Waals surface area contributed by atoms with Gasteiger partial charge in [-0.15, -0.1) is 0 Å². The molecule has 0 radical (unpaired) electrons. The van der Waals surface area contributed by atoms with Crippen LogP contribution in [0.4, 0.5) is 0 Å². The number of hydrogen-bond acceptors (Lipinski definition) is 1. The van der Waals surface area contributed by atoms with Crippen LogP contribution in [0, 0.1) is 19.8 Å². The molecule has 0 fully saturated rings. The molecule has 0 amide bonds. The Labute approximate surface area is 113 Å². The fraction of sp³-hybridized carbons (Fsp3) is 0.647. The van der Waals surface area contributed by atoms with Gasteiger partial charge in [0.1, 0.15) is 0 Å². The van der Waals surface area contributed by atoms with Gasteiger partial charge >= 0.3 is 0 Å². The Morgan fingerprint density at radius 1 is 1.11 bits per heavy atom. The standard InChI is InChI=1S/C17H29N/c1-6-11-18-16(12-13(3)7-2)17-14(4)9-8-10-15(17)5/h8-10,13,16,18H,6-7,11-12H2,1-5H3. The molecule has 102 valence electrons. The van der Waals surface area contributed by atoms with Gasteiger partial charge in [0.25, 0.3) is 0 Å². The van der Waals surface area contributed by atoms with Crippen LogP contribution in [-0.2, 0) is 0 Å². The van der Waals surface area contributed by atoms with Crippen LogP contribution < -0.4 is 5.32 Å². The van der Waals surface area contributed by atoms with Gasteiger partial charge in [0.05, 0.1) is 0 Å². The summed E-state index contributed by atoms with van der Waals surface area (Å²) in [5, 5.41) is 3.73. The van der Waals surface area contributed by atoms with Crippen molar-refractivity contribution in [3.63, 3.8) is 0 Å². The summed E-state index contributed by atoms with van der Waals surface area (Å²) in [7, 11) is 0. The molecule has 0 saturated heterocycles. The van der Waals surface area contributed by atoms with E-state index in [9.17, 15) is 0 Å². The SMILES string of the molecule is CCCNC(CC(C)CC)c1c(C)cccc1C. The molecule has 0 heterocycles. The van der Waals surface area contributed by atoms with E-state index in [4.69, 9.17) is 0 Å². The number of hydrogen-bond donors (Lipinski definition) is 1. The minimum absolute atomic E-state index is 0.515. The third-order valence-corrected chi connectivity index (χ3v) is 3.87. The third-order valence-electron chi connectivity index (χ3n) is 3.87. The molecular weight excluding hydrogens is 218 g/mol. The fourth-order valence-corrected chi connectivity index (χ4v) is 2.57. The van der Waals surface area contributed by atoms with Crippen molar-refractivity contribution in [2.24, 2.45) is 5.92 Å². The van der Waals surface area contributed by atoms with E-state index in [2.05, 4.69) is 58.1 Å². The van der Waals surface area contributed by atoms with E-state index in [1.807, 2.05) is 0 Å². The lowest BCUT2D eigenvalue weighted by atomic mass is 9.89. The molecule has 0 aliphatic heterocycles. The zero-order chi connectivity index (χ0) is 13.5. The first kappa shape index (κ1) is 15.2. The van der Waals surface area contributed by atoms with Crippen LogP contribution >= 0.6 is 0 Å². The molecule has 1 heteroatoms. The highest BCUT2D eigenvalue weighted by Gasteiger charge is 2.17. The van der Waals surface area contributed by atoms with Crippen molar-refractivity contribution >= 4 is 0 Å². The molecule has 18 heavy (non-hydrogen) atoms. The van der Waals surface area contributed by atoms with Crippen LogP contribution in [0.2, 0.25) is 0 Å². The highest BCUT2D eigenvalue weighted by atomic mass is 14.9. The van der Waals surface area contributed by atoms with Gasteiger partial charge in [0.15, 0.2) is 0 Å². The molecule has 0 saturated carbocycles. The Kier molecular flexibility index (Phi) is 6.42. The molecule has 0 aromatic heterocycles. The minimum atomic E-state index is 0.515. The van der Waals surface area contributed by atoms with E-state index in [0.717, 1.165) is 12.5 Å². The molecule has 1 rings (SSSR count). The largest absolute Gasteiger partial charge is 0.310 e. The summed E-state index contributed by atoms with van der Waals surface area (Å²) in [5.41, 5.74) is 4.37. The normalized spacial score (nSPS) is 14.5. The van der Waals surface area contributed by atoms with Gasteiger partial charge in [0.2, 0.25) is 0 Å². The van der Waals surface area contributed by atoms with Crippen molar-refractivity contribution in [2.45, 2.75) is 59.9 Å². The molecule has 0 aliphatic carbocycles.